The Morgan fingerprint density at radius 3 is 2.07 bits per heavy atom. The summed E-state index contributed by atoms with van der Waals surface area (Å²) in [5, 5.41) is 1.05. The predicted molar refractivity (Wildman–Crippen MR) is 73.9 cm³/mol. The quantitative estimate of drug-likeness (QED) is 0.445. The number of rotatable bonds is 9. The monoisotopic (exact) mass is 277 g/mol. The van der Waals surface area contributed by atoms with Crippen molar-refractivity contribution in [2.75, 3.05) is 18.9 Å². The minimum absolute atomic E-state index is 0.295. The van der Waals surface area contributed by atoms with Gasteiger partial charge in [-0.25, -0.2) is 0 Å². The third-order valence-electron chi connectivity index (χ3n) is 3.21. The van der Waals surface area contributed by atoms with Crippen molar-refractivity contribution in [1.82, 2.24) is 4.90 Å². The van der Waals surface area contributed by atoms with Gasteiger partial charge in [-0.05, 0) is 33.9 Å². The zero-order valence-electron chi connectivity index (χ0n) is 11.0. The highest BCUT2D eigenvalue weighted by atomic mass is 79.9. The summed E-state index contributed by atoms with van der Waals surface area (Å²) in [6.07, 6.45) is 8.32. The van der Waals surface area contributed by atoms with Gasteiger partial charge >= 0.3 is 0 Å². The second-order valence-electron chi connectivity index (χ2n) is 5.14. The van der Waals surface area contributed by atoms with Gasteiger partial charge in [0.05, 0.1) is 0 Å². The predicted octanol–water partition coefficient (Wildman–Crippen LogP) is 4.45. The molecule has 92 valence electrons. The zero-order valence-corrected chi connectivity index (χ0v) is 12.6. The van der Waals surface area contributed by atoms with E-state index < -0.39 is 0 Å². The third kappa shape index (κ3) is 7.35. The first-order valence-corrected chi connectivity index (χ1v) is 7.44. The fraction of sp³-hybridized carbons (Fsp3) is 1.00. The van der Waals surface area contributed by atoms with Crippen molar-refractivity contribution in [2.24, 2.45) is 0 Å². The fourth-order valence-corrected chi connectivity index (χ4v) is 1.96. The Morgan fingerprint density at radius 1 is 1.00 bits per heavy atom. The van der Waals surface area contributed by atoms with E-state index in [1.807, 2.05) is 0 Å². The van der Waals surface area contributed by atoms with Gasteiger partial charge in [-0.15, -0.1) is 0 Å². The number of hydrogen-bond donors (Lipinski definition) is 0. The summed E-state index contributed by atoms with van der Waals surface area (Å²) in [6, 6.07) is 0. The van der Waals surface area contributed by atoms with Crippen LogP contribution in [-0.4, -0.2) is 29.4 Å². The van der Waals surface area contributed by atoms with Gasteiger partial charge in [0.25, 0.3) is 0 Å². The molecule has 0 bridgehead atoms. The van der Waals surface area contributed by atoms with Crippen LogP contribution in [0.15, 0.2) is 0 Å². The number of halogens is 1. The molecule has 0 amide bonds. The van der Waals surface area contributed by atoms with Crippen molar-refractivity contribution < 1.29 is 0 Å². The number of unbranched alkanes of at least 4 members (excludes halogenated alkanes) is 5. The molecule has 0 aliphatic heterocycles. The average molecular weight is 278 g/mol. The number of alkyl halides is 1. The molecule has 0 spiro atoms. The number of nitrogens with zero attached hydrogens (tertiary/aromatic N) is 1. The highest BCUT2D eigenvalue weighted by Gasteiger charge is 2.20. The van der Waals surface area contributed by atoms with E-state index in [0.717, 1.165) is 5.33 Å². The van der Waals surface area contributed by atoms with Crippen LogP contribution in [0.25, 0.3) is 0 Å². The first kappa shape index (κ1) is 15.4. The fourth-order valence-electron chi connectivity index (χ4n) is 1.53. The second-order valence-corrected chi connectivity index (χ2v) is 5.70. The van der Waals surface area contributed by atoms with Gasteiger partial charge in [-0.3, -0.25) is 0 Å². The van der Waals surface area contributed by atoms with Gasteiger partial charge in [-0.2, -0.15) is 0 Å². The summed E-state index contributed by atoms with van der Waals surface area (Å²) in [6.45, 7) is 8.08. The van der Waals surface area contributed by atoms with Crippen molar-refractivity contribution in [1.29, 1.82) is 0 Å². The molecule has 0 aliphatic rings. The van der Waals surface area contributed by atoms with Crippen molar-refractivity contribution in [3.05, 3.63) is 0 Å². The Balaban J connectivity index is 3.43. The van der Waals surface area contributed by atoms with E-state index in [0.29, 0.717) is 5.54 Å². The molecule has 0 heterocycles. The van der Waals surface area contributed by atoms with E-state index in [-0.39, 0.29) is 0 Å². The largest absolute Gasteiger partial charge is 0.300 e. The molecule has 1 nitrogen and oxygen atoms in total. The Kier molecular flexibility index (Phi) is 8.83. The molecule has 0 aromatic heterocycles. The molecule has 0 aromatic carbocycles. The van der Waals surface area contributed by atoms with E-state index >= 15 is 0 Å². The van der Waals surface area contributed by atoms with Crippen LogP contribution >= 0.6 is 15.9 Å². The van der Waals surface area contributed by atoms with E-state index in [9.17, 15) is 0 Å². The molecule has 15 heavy (non-hydrogen) atoms. The van der Waals surface area contributed by atoms with Crippen molar-refractivity contribution in [3.63, 3.8) is 0 Å². The Morgan fingerprint density at radius 2 is 1.53 bits per heavy atom. The van der Waals surface area contributed by atoms with Crippen LogP contribution in [0.4, 0.5) is 0 Å². The Hall–Kier alpha value is 0.440. The lowest BCUT2D eigenvalue weighted by Crippen LogP contribution is -2.43. The van der Waals surface area contributed by atoms with Crippen molar-refractivity contribution >= 4 is 15.9 Å². The molecule has 0 N–H and O–H groups in total. The SMILES string of the molecule is CCCCCCCCN(C)C(C)(C)CBr. The molecule has 0 rings (SSSR count). The molecule has 0 unspecified atom stereocenters. The first-order chi connectivity index (χ1) is 7.04. The molecule has 0 saturated carbocycles. The normalized spacial score (nSPS) is 12.4. The summed E-state index contributed by atoms with van der Waals surface area (Å²) in [4.78, 5) is 2.46. The van der Waals surface area contributed by atoms with Gasteiger partial charge in [0.15, 0.2) is 0 Å². The molecule has 0 aliphatic carbocycles. The molecule has 0 radical (unpaired) electrons. The zero-order chi connectivity index (χ0) is 11.7. The van der Waals surface area contributed by atoms with Crippen molar-refractivity contribution in [3.8, 4) is 0 Å². The molecular weight excluding hydrogens is 250 g/mol. The van der Waals surface area contributed by atoms with Crippen LogP contribution in [0.1, 0.15) is 59.3 Å². The van der Waals surface area contributed by atoms with Crippen molar-refractivity contribution in [2.45, 2.75) is 64.8 Å². The van der Waals surface area contributed by atoms with Crippen LogP contribution in [0.2, 0.25) is 0 Å². The molecular formula is C13H28BrN. The molecule has 2 heteroatoms. The van der Waals surface area contributed by atoms with Gasteiger partial charge in [0.1, 0.15) is 0 Å². The first-order valence-electron chi connectivity index (χ1n) is 6.31. The van der Waals surface area contributed by atoms with Gasteiger partial charge in [0, 0.05) is 10.9 Å². The van der Waals surface area contributed by atoms with Crippen LogP contribution in [0.3, 0.4) is 0 Å². The van der Waals surface area contributed by atoms with Crippen LogP contribution in [0.5, 0.6) is 0 Å². The van der Waals surface area contributed by atoms with Gasteiger partial charge < -0.3 is 4.90 Å². The summed E-state index contributed by atoms with van der Waals surface area (Å²) < 4.78 is 0. The molecule has 0 fully saturated rings. The molecule has 0 aromatic rings. The lowest BCUT2D eigenvalue weighted by molar-refractivity contribution is 0.178. The van der Waals surface area contributed by atoms with Crippen LogP contribution in [0, 0.1) is 0 Å². The highest BCUT2D eigenvalue weighted by Crippen LogP contribution is 2.16. The number of hydrogen-bond acceptors (Lipinski definition) is 1. The van der Waals surface area contributed by atoms with E-state index in [1.165, 1.54) is 45.1 Å². The second kappa shape index (κ2) is 8.58. The van der Waals surface area contributed by atoms with E-state index in [4.69, 9.17) is 0 Å². The summed E-state index contributed by atoms with van der Waals surface area (Å²) >= 11 is 3.57. The summed E-state index contributed by atoms with van der Waals surface area (Å²) in [7, 11) is 2.23. The summed E-state index contributed by atoms with van der Waals surface area (Å²) in [5.41, 5.74) is 0.295. The lowest BCUT2D eigenvalue weighted by atomic mass is 10.1. The van der Waals surface area contributed by atoms with Crippen LogP contribution < -0.4 is 0 Å². The smallest absolute Gasteiger partial charge is 0.0246 e. The third-order valence-corrected chi connectivity index (χ3v) is 4.58. The lowest BCUT2D eigenvalue weighted by Gasteiger charge is -2.34. The van der Waals surface area contributed by atoms with E-state index in [1.54, 1.807) is 0 Å². The Labute approximate surface area is 105 Å². The van der Waals surface area contributed by atoms with Gasteiger partial charge in [0.2, 0.25) is 0 Å². The maximum atomic E-state index is 3.57. The topological polar surface area (TPSA) is 3.24 Å². The minimum atomic E-state index is 0.295. The highest BCUT2D eigenvalue weighted by molar-refractivity contribution is 9.09. The maximum absolute atomic E-state index is 3.57. The van der Waals surface area contributed by atoms with Crippen LogP contribution in [-0.2, 0) is 0 Å². The van der Waals surface area contributed by atoms with E-state index in [2.05, 4.69) is 48.6 Å². The minimum Gasteiger partial charge on any atom is -0.300 e. The Bertz CT molecular complexity index is 145. The summed E-state index contributed by atoms with van der Waals surface area (Å²) in [5.74, 6) is 0. The average Bonchev–Trinajstić information content (AvgIpc) is 2.22. The molecule has 0 saturated heterocycles. The maximum Gasteiger partial charge on any atom is 0.0246 e. The standard InChI is InChI=1S/C13H28BrN/c1-5-6-7-8-9-10-11-15(4)13(2,3)12-14/h5-12H2,1-4H3. The van der Waals surface area contributed by atoms with Gasteiger partial charge in [-0.1, -0.05) is 55.0 Å². The molecule has 0 atom stereocenters.